The van der Waals surface area contributed by atoms with E-state index in [1.54, 1.807) is 11.3 Å². The first-order valence-corrected chi connectivity index (χ1v) is 7.56. The molecule has 6 heteroatoms. The SMILES string of the molecule is CCc1ccc(CNC(=O)N(CC(=O)O)CC(C)C)s1. The predicted octanol–water partition coefficient (Wildman–Crippen LogP) is 2.56. The third kappa shape index (κ3) is 5.61. The van der Waals surface area contributed by atoms with E-state index < -0.39 is 5.97 Å². The van der Waals surface area contributed by atoms with Crippen molar-refractivity contribution < 1.29 is 14.7 Å². The van der Waals surface area contributed by atoms with Crippen LogP contribution in [0.5, 0.6) is 0 Å². The molecule has 0 radical (unpaired) electrons. The van der Waals surface area contributed by atoms with Crippen molar-refractivity contribution in [3.05, 3.63) is 21.9 Å². The second-order valence-electron chi connectivity index (χ2n) is 5.05. The Morgan fingerprint density at radius 3 is 2.50 bits per heavy atom. The van der Waals surface area contributed by atoms with Gasteiger partial charge < -0.3 is 15.3 Å². The zero-order valence-electron chi connectivity index (χ0n) is 12.2. The molecule has 0 aliphatic rings. The number of aliphatic carboxylic acids is 1. The summed E-state index contributed by atoms with van der Waals surface area (Å²) in [5.74, 6) is -0.765. The quantitative estimate of drug-likeness (QED) is 0.813. The van der Waals surface area contributed by atoms with Crippen LogP contribution in [0.2, 0.25) is 0 Å². The van der Waals surface area contributed by atoms with Gasteiger partial charge in [-0.3, -0.25) is 4.79 Å². The van der Waals surface area contributed by atoms with Crippen molar-refractivity contribution >= 4 is 23.3 Å². The number of hydrogen-bond donors (Lipinski definition) is 2. The van der Waals surface area contributed by atoms with E-state index in [0.29, 0.717) is 13.1 Å². The Kier molecular flexibility index (Phi) is 6.51. The van der Waals surface area contributed by atoms with Crippen LogP contribution in [0.3, 0.4) is 0 Å². The Morgan fingerprint density at radius 2 is 2.00 bits per heavy atom. The molecular weight excluding hydrogens is 276 g/mol. The van der Waals surface area contributed by atoms with Gasteiger partial charge in [-0.15, -0.1) is 11.3 Å². The van der Waals surface area contributed by atoms with Crippen LogP contribution in [0.25, 0.3) is 0 Å². The lowest BCUT2D eigenvalue weighted by atomic mass is 10.2. The highest BCUT2D eigenvalue weighted by molar-refractivity contribution is 7.11. The minimum Gasteiger partial charge on any atom is -0.480 e. The average Bonchev–Trinajstić information content (AvgIpc) is 2.82. The summed E-state index contributed by atoms with van der Waals surface area (Å²) in [6.45, 7) is 6.60. The maximum atomic E-state index is 12.0. The van der Waals surface area contributed by atoms with Crippen LogP contribution in [-0.4, -0.2) is 35.1 Å². The summed E-state index contributed by atoms with van der Waals surface area (Å²) < 4.78 is 0. The van der Waals surface area contributed by atoms with Crippen LogP contribution in [0, 0.1) is 5.92 Å². The van der Waals surface area contributed by atoms with Gasteiger partial charge in [0.1, 0.15) is 6.54 Å². The van der Waals surface area contributed by atoms with Gasteiger partial charge in [0.05, 0.1) is 6.54 Å². The van der Waals surface area contributed by atoms with E-state index in [1.807, 2.05) is 19.9 Å². The second-order valence-corrected chi connectivity index (χ2v) is 6.30. The van der Waals surface area contributed by atoms with Gasteiger partial charge in [0.25, 0.3) is 0 Å². The van der Waals surface area contributed by atoms with E-state index in [2.05, 4.69) is 18.3 Å². The number of urea groups is 1. The first kappa shape index (κ1) is 16.5. The number of nitrogens with one attached hydrogen (secondary N) is 1. The molecule has 1 aromatic heterocycles. The summed E-state index contributed by atoms with van der Waals surface area (Å²) in [7, 11) is 0. The van der Waals surface area contributed by atoms with Crippen LogP contribution in [0.1, 0.15) is 30.5 Å². The Bertz CT molecular complexity index is 457. The number of thiophene rings is 1. The first-order valence-electron chi connectivity index (χ1n) is 6.74. The topological polar surface area (TPSA) is 69.6 Å². The van der Waals surface area contributed by atoms with E-state index in [0.717, 1.165) is 11.3 Å². The second kappa shape index (κ2) is 7.89. The van der Waals surface area contributed by atoms with Crippen LogP contribution < -0.4 is 5.32 Å². The number of carbonyl (C=O) groups excluding carboxylic acids is 1. The summed E-state index contributed by atoms with van der Waals surface area (Å²) >= 11 is 1.66. The van der Waals surface area contributed by atoms with Gasteiger partial charge in [0.15, 0.2) is 0 Å². The van der Waals surface area contributed by atoms with E-state index in [1.165, 1.54) is 9.78 Å². The van der Waals surface area contributed by atoms with Crippen molar-refractivity contribution in [3.63, 3.8) is 0 Å². The Balaban J connectivity index is 2.54. The molecule has 1 aromatic rings. The van der Waals surface area contributed by atoms with Crippen molar-refractivity contribution in [3.8, 4) is 0 Å². The molecule has 0 spiro atoms. The number of nitrogens with zero attached hydrogens (tertiary/aromatic N) is 1. The van der Waals surface area contributed by atoms with Crippen LogP contribution in [0.4, 0.5) is 4.79 Å². The monoisotopic (exact) mass is 298 g/mol. The first-order chi connectivity index (χ1) is 9.42. The van der Waals surface area contributed by atoms with Gasteiger partial charge >= 0.3 is 12.0 Å². The highest BCUT2D eigenvalue weighted by Crippen LogP contribution is 2.16. The third-order valence-corrected chi connectivity index (χ3v) is 3.91. The average molecular weight is 298 g/mol. The summed E-state index contributed by atoms with van der Waals surface area (Å²) in [5.41, 5.74) is 0. The summed E-state index contributed by atoms with van der Waals surface area (Å²) in [5, 5.41) is 11.6. The van der Waals surface area contributed by atoms with E-state index in [-0.39, 0.29) is 18.5 Å². The smallest absolute Gasteiger partial charge is 0.323 e. The molecule has 0 aliphatic carbocycles. The largest absolute Gasteiger partial charge is 0.480 e. The zero-order valence-corrected chi connectivity index (χ0v) is 13.0. The number of carboxylic acids is 1. The van der Waals surface area contributed by atoms with Gasteiger partial charge in [-0.1, -0.05) is 20.8 Å². The molecule has 112 valence electrons. The maximum Gasteiger partial charge on any atom is 0.323 e. The fourth-order valence-corrected chi connectivity index (χ4v) is 2.70. The molecule has 0 saturated carbocycles. The summed E-state index contributed by atoms with van der Waals surface area (Å²) in [4.78, 5) is 26.5. The molecule has 1 rings (SSSR count). The number of hydrogen-bond acceptors (Lipinski definition) is 3. The fourth-order valence-electron chi connectivity index (χ4n) is 1.81. The van der Waals surface area contributed by atoms with Crippen molar-refractivity contribution in [1.82, 2.24) is 10.2 Å². The number of aryl methyl sites for hydroxylation is 1. The predicted molar refractivity (Wildman–Crippen MR) is 80.0 cm³/mol. The van der Waals surface area contributed by atoms with Crippen LogP contribution in [0.15, 0.2) is 12.1 Å². The molecule has 0 saturated heterocycles. The molecule has 0 aliphatic heterocycles. The molecule has 0 atom stereocenters. The number of carbonyl (C=O) groups is 2. The molecule has 1 heterocycles. The normalized spacial score (nSPS) is 10.6. The zero-order chi connectivity index (χ0) is 15.1. The minimum absolute atomic E-state index is 0.230. The van der Waals surface area contributed by atoms with Crippen molar-refractivity contribution in [1.29, 1.82) is 0 Å². The van der Waals surface area contributed by atoms with Gasteiger partial charge in [0.2, 0.25) is 0 Å². The highest BCUT2D eigenvalue weighted by Gasteiger charge is 2.17. The molecule has 2 amide bonds. The molecule has 0 unspecified atom stereocenters. The van der Waals surface area contributed by atoms with Crippen molar-refractivity contribution in [2.45, 2.75) is 33.7 Å². The molecule has 5 nitrogen and oxygen atoms in total. The molecular formula is C14H22N2O3S. The highest BCUT2D eigenvalue weighted by atomic mass is 32.1. The fraction of sp³-hybridized carbons (Fsp3) is 0.571. The summed E-state index contributed by atoms with van der Waals surface area (Å²) in [6.07, 6.45) is 0.983. The molecule has 0 fully saturated rings. The summed E-state index contributed by atoms with van der Waals surface area (Å²) in [6, 6.07) is 3.72. The van der Waals surface area contributed by atoms with Crippen molar-refractivity contribution in [2.75, 3.05) is 13.1 Å². The minimum atomic E-state index is -0.995. The lowest BCUT2D eigenvalue weighted by Gasteiger charge is -2.22. The Hall–Kier alpha value is -1.56. The Morgan fingerprint density at radius 1 is 1.35 bits per heavy atom. The number of amides is 2. The van der Waals surface area contributed by atoms with Crippen LogP contribution >= 0.6 is 11.3 Å². The van der Waals surface area contributed by atoms with E-state index in [4.69, 9.17) is 5.11 Å². The van der Waals surface area contributed by atoms with E-state index in [9.17, 15) is 9.59 Å². The third-order valence-electron chi connectivity index (χ3n) is 2.68. The molecule has 0 bridgehead atoms. The van der Waals surface area contributed by atoms with Gasteiger partial charge in [-0.2, -0.15) is 0 Å². The lowest BCUT2D eigenvalue weighted by molar-refractivity contribution is -0.137. The maximum absolute atomic E-state index is 12.0. The van der Waals surface area contributed by atoms with Crippen molar-refractivity contribution in [2.24, 2.45) is 5.92 Å². The standard InChI is InChI=1S/C14H22N2O3S/c1-4-11-5-6-12(20-11)7-15-14(19)16(8-10(2)3)9-13(17)18/h5-6,10H,4,7-9H2,1-3H3,(H,15,19)(H,17,18). The molecule has 20 heavy (non-hydrogen) atoms. The number of rotatable bonds is 7. The number of carboxylic acid groups (broad SMARTS) is 1. The molecule has 0 aromatic carbocycles. The Labute approximate surface area is 123 Å². The molecule has 2 N–H and O–H groups in total. The van der Waals surface area contributed by atoms with Gasteiger partial charge in [0, 0.05) is 16.3 Å². The van der Waals surface area contributed by atoms with E-state index >= 15 is 0 Å². The van der Waals surface area contributed by atoms with Crippen LogP contribution in [-0.2, 0) is 17.8 Å². The van der Waals surface area contributed by atoms with Gasteiger partial charge in [-0.25, -0.2) is 4.79 Å². The van der Waals surface area contributed by atoms with Gasteiger partial charge in [-0.05, 0) is 24.5 Å². The lowest BCUT2D eigenvalue weighted by Crippen LogP contribution is -2.44.